The Morgan fingerprint density at radius 1 is 1.07 bits per heavy atom. The van der Waals surface area contributed by atoms with Gasteiger partial charge in [0, 0.05) is 53.0 Å². The Kier molecular flexibility index (Phi) is 6.24. The van der Waals surface area contributed by atoms with Crippen LogP contribution in [0.1, 0.15) is 15.9 Å². The van der Waals surface area contributed by atoms with Crippen molar-refractivity contribution in [2.24, 2.45) is 0 Å². The Labute approximate surface area is 235 Å². The Bertz CT molecular complexity index is 1990. The van der Waals surface area contributed by atoms with Crippen LogP contribution in [0.3, 0.4) is 0 Å². The van der Waals surface area contributed by atoms with Crippen LogP contribution < -0.4 is 9.62 Å². The van der Waals surface area contributed by atoms with Crippen molar-refractivity contribution in [3.05, 3.63) is 83.2 Å². The summed E-state index contributed by atoms with van der Waals surface area (Å²) in [6, 6.07) is 21.2. The van der Waals surface area contributed by atoms with E-state index in [2.05, 4.69) is 10.3 Å². The fraction of sp³-hybridized carbons (Fsp3) is 0.133. The molecule has 0 spiro atoms. The highest BCUT2D eigenvalue weighted by atomic mass is 32.2. The fourth-order valence-electron chi connectivity index (χ4n) is 4.73. The largest absolute Gasteiger partial charge is 0.455 e. The number of fused-ring (bicyclic) bond motifs is 2. The van der Waals surface area contributed by atoms with Crippen molar-refractivity contribution in [2.45, 2.75) is 6.92 Å². The summed E-state index contributed by atoms with van der Waals surface area (Å²) in [5.74, 6) is 0.111. The summed E-state index contributed by atoms with van der Waals surface area (Å²) in [6.07, 6.45) is 1.15. The molecule has 0 unspecified atom stereocenters. The molecule has 202 valence electrons. The molecular weight excluding hydrogens is 544 g/mol. The number of carbonyl (C=O) groups excluding carboxylic acids is 1. The molecule has 10 heteroatoms. The molecule has 3 aromatic heterocycles. The van der Waals surface area contributed by atoms with Crippen molar-refractivity contribution >= 4 is 54.8 Å². The van der Waals surface area contributed by atoms with Crippen LogP contribution in [-0.4, -0.2) is 44.6 Å². The van der Waals surface area contributed by atoms with Crippen LogP contribution in [0.4, 0.5) is 5.69 Å². The van der Waals surface area contributed by atoms with E-state index < -0.39 is 10.0 Å². The van der Waals surface area contributed by atoms with E-state index >= 15 is 0 Å². The third-order valence-electron chi connectivity index (χ3n) is 6.95. The van der Waals surface area contributed by atoms with Gasteiger partial charge in [0.15, 0.2) is 0 Å². The molecule has 0 aliphatic rings. The van der Waals surface area contributed by atoms with E-state index in [1.807, 2.05) is 66.9 Å². The van der Waals surface area contributed by atoms with Crippen LogP contribution >= 0.6 is 11.3 Å². The molecule has 0 bridgehead atoms. The Hall–Kier alpha value is -4.41. The molecule has 0 saturated heterocycles. The number of amides is 1. The number of H-pyrrole nitrogens is 1. The summed E-state index contributed by atoms with van der Waals surface area (Å²) < 4.78 is 32.8. The third-order valence-corrected chi connectivity index (χ3v) is 9.02. The number of anilines is 1. The summed E-state index contributed by atoms with van der Waals surface area (Å²) in [5.41, 5.74) is 6.18. The lowest BCUT2D eigenvalue weighted by Gasteiger charge is -2.19. The minimum absolute atomic E-state index is 0.303. The third kappa shape index (κ3) is 4.44. The highest BCUT2D eigenvalue weighted by molar-refractivity contribution is 7.92. The average Bonchev–Trinajstić information content (AvgIpc) is 3.67. The maximum Gasteiger partial charge on any atom is 0.255 e. The van der Waals surface area contributed by atoms with Crippen molar-refractivity contribution in [1.82, 2.24) is 15.3 Å². The summed E-state index contributed by atoms with van der Waals surface area (Å²) in [4.78, 5) is 21.4. The quantitative estimate of drug-likeness (QED) is 0.240. The van der Waals surface area contributed by atoms with Crippen LogP contribution in [-0.2, 0) is 10.0 Å². The van der Waals surface area contributed by atoms with Crippen LogP contribution in [0.5, 0.6) is 0 Å². The molecule has 6 rings (SSSR count). The standard InChI is InChI=1S/C30H26N4O4S2/c1-17-9-11-18(12-10-17)28-27(29(35)31-2)21-14-20(25(15-26(21)38-28)34(3)40(4,36)37)30-33-24(16-39-30)23-13-19-7-5-6-8-22(19)32-23/h5-16,32H,1-4H3,(H,31,35). The van der Waals surface area contributed by atoms with Gasteiger partial charge in [-0.25, -0.2) is 13.4 Å². The van der Waals surface area contributed by atoms with Crippen molar-refractivity contribution in [3.8, 4) is 33.3 Å². The zero-order valence-corrected chi connectivity index (χ0v) is 23.9. The van der Waals surface area contributed by atoms with Gasteiger partial charge < -0.3 is 14.7 Å². The highest BCUT2D eigenvalue weighted by Gasteiger charge is 2.27. The first-order valence-corrected chi connectivity index (χ1v) is 15.2. The molecule has 3 aromatic carbocycles. The first-order chi connectivity index (χ1) is 19.1. The van der Waals surface area contributed by atoms with E-state index in [4.69, 9.17) is 9.40 Å². The molecule has 0 aliphatic heterocycles. The molecular formula is C30H26N4O4S2. The number of thiazole rings is 1. The number of aromatic nitrogens is 2. The van der Waals surface area contributed by atoms with Crippen LogP contribution in [0.2, 0.25) is 0 Å². The second kappa shape index (κ2) is 9.65. The molecule has 1 amide bonds. The molecule has 0 aliphatic carbocycles. The number of hydrogen-bond acceptors (Lipinski definition) is 6. The first kappa shape index (κ1) is 25.8. The zero-order valence-electron chi connectivity index (χ0n) is 22.3. The summed E-state index contributed by atoms with van der Waals surface area (Å²) in [5, 5.41) is 6.90. The molecule has 0 saturated carbocycles. The Morgan fingerprint density at radius 3 is 2.52 bits per heavy atom. The number of nitrogens with zero attached hydrogens (tertiary/aromatic N) is 2. The predicted molar refractivity (Wildman–Crippen MR) is 161 cm³/mol. The molecule has 0 radical (unpaired) electrons. The molecule has 2 N–H and O–H groups in total. The van der Waals surface area contributed by atoms with Crippen LogP contribution in [0, 0.1) is 6.92 Å². The van der Waals surface area contributed by atoms with Gasteiger partial charge in [0.1, 0.15) is 16.4 Å². The Balaban J connectivity index is 1.58. The minimum atomic E-state index is -3.62. The van der Waals surface area contributed by atoms with Crippen molar-refractivity contribution < 1.29 is 17.6 Å². The SMILES string of the molecule is CNC(=O)c1c(-c2ccc(C)cc2)oc2cc(N(C)S(C)(=O)=O)c(-c3nc(-c4cc5ccccc5[nH]4)cs3)cc12. The van der Waals surface area contributed by atoms with Gasteiger partial charge in [0.05, 0.1) is 28.9 Å². The van der Waals surface area contributed by atoms with E-state index in [0.29, 0.717) is 38.6 Å². The van der Waals surface area contributed by atoms with E-state index in [1.54, 1.807) is 19.2 Å². The lowest BCUT2D eigenvalue weighted by atomic mass is 10.0. The van der Waals surface area contributed by atoms with Gasteiger partial charge in [-0.1, -0.05) is 48.0 Å². The van der Waals surface area contributed by atoms with Crippen molar-refractivity contribution in [2.75, 3.05) is 24.7 Å². The van der Waals surface area contributed by atoms with Gasteiger partial charge in [-0.15, -0.1) is 11.3 Å². The maximum absolute atomic E-state index is 13.2. The number of para-hydroxylation sites is 1. The number of aromatic amines is 1. The normalized spacial score (nSPS) is 11.8. The molecule has 40 heavy (non-hydrogen) atoms. The van der Waals surface area contributed by atoms with Gasteiger partial charge in [-0.2, -0.15) is 0 Å². The second-order valence-electron chi connectivity index (χ2n) is 9.66. The lowest BCUT2D eigenvalue weighted by molar-refractivity contribution is 0.0964. The van der Waals surface area contributed by atoms with Gasteiger partial charge >= 0.3 is 0 Å². The number of furan rings is 1. The van der Waals surface area contributed by atoms with Gasteiger partial charge in [-0.05, 0) is 25.1 Å². The number of rotatable bonds is 6. The second-order valence-corrected chi connectivity index (χ2v) is 12.5. The minimum Gasteiger partial charge on any atom is -0.455 e. The van der Waals surface area contributed by atoms with E-state index in [0.717, 1.165) is 39.7 Å². The smallest absolute Gasteiger partial charge is 0.255 e. The molecule has 6 aromatic rings. The number of hydrogen-bond donors (Lipinski definition) is 2. The molecule has 0 fully saturated rings. The van der Waals surface area contributed by atoms with Crippen molar-refractivity contribution in [3.63, 3.8) is 0 Å². The number of sulfonamides is 1. The van der Waals surface area contributed by atoms with Crippen molar-refractivity contribution in [1.29, 1.82) is 0 Å². The fourth-order valence-corrected chi connectivity index (χ4v) is 6.09. The van der Waals surface area contributed by atoms with Gasteiger partial charge in [0.2, 0.25) is 10.0 Å². The first-order valence-electron chi connectivity index (χ1n) is 12.5. The van der Waals surface area contributed by atoms with E-state index in [-0.39, 0.29) is 5.91 Å². The van der Waals surface area contributed by atoms with E-state index in [9.17, 15) is 13.2 Å². The number of nitrogens with one attached hydrogen (secondary N) is 2. The zero-order chi connectivity index (χ0) is 28.2. The summed E-state index contributed by atoms with van der Waals surface area (Å²) in [6.45, 7) is 1.99. The highest BCUT2D eigenvalue weighted by Crippen LogP contribution is 2.42. The van der Waals surface area contributed by atoms with E-state index in [1.165, 1.54) is 22.7 Å². The number of carbonyl (C=O) groups is 1. The monoisotopic (exact) mass is 570 g/mol. The topological polar surface area (TPSA) is 108 Å². The van der Waals surface area contributed by atoms with Crippen LogP contribution in [0.15, 0.2) is 76.5 Å². The molecule has 3 heterocycles. The van der Waals surface area contributed by atoms with Gasteiger partial charge in [-0.3, -0.25) is 9.10 Å². The molecule has 0 atom stereocenters. The van der Waals surface area contributed by atoms with Crippen LogP contribution in [0.25, 0.3) is 55.2 Å². The summed E-state index contributed by atoms with van der Waals surface area (Å²) >= 11 is 1.40. The van der Waals surface area contributed by atoms with Gasteiger partial charge in [0.25, 0.3) is 5.91 Å². The number of aryl methyl sites for hydroxylation is 1. The number of benzene rings is 3. The lowest BCUT2D eigenvalue weighted by Crippen LogP contribution is -2.25. The molecule has 8 nitrogen and oxygen atoms in total. The average molecular weight is 571 g/mol. The predicted octanol–water partition coefficient (Wildman–Crippen LogP) is 6.44. The summed E-state index contributed by atoms with van der Waals surface area (Å²) in [7, 11) is -0.550. The Morgan fingerprint density at radius 2 is 1.82 bits per heavy atom. The maximum atomic E-state index is 13.2.